The van der Waals surface area contributed by atoms with Gasteiger partial charge in [-0.25, -0.2) is 18.7 Å². The summed E-state index contributed by atoms with van der Waals surface area (Å²) in [5, 5.41) is 2.30. The molecule has 0 aliphatic carbocycles. The van der Waals surface area contributed by atoms with Crippen LogP contribution in [0.4, 0.5) is 20.4 Å². The van der Waals surface area contributed by atoms with Crippen LogP contribution in [0.15, 0.2) is 36.7 Å². The molecule has 1 aliphatic heterocycles. The molecule has 6 nitrogen and oxygen atoms in total. The zero-order valence-corrected chi connectivity index (χ0v) is 13.0. The number of hydrogen-bond donors (Lipinski definition) is 1. The van der Waals surface area contributed by atoms with Gasteiger partial charge < -0.3 is 10.2 Å². The fourth-order valence-corrected chi connectivity index (χ4v) is 2.56. The number of carbonyl (C=O) groups is 1. The Morgan fingerprint density at radius 3 is 2.29 bits per heavy atom. The Labute approximate surface area is 138 Å². The Morgan fingerprint density at radius 1 is 1.04 bits per heavy atom. The predicted octanol–water partition coefficient (Wildman–Crippen LogP) is 1.52. The predicted molar refractivity (Wildman–Crippen MR) is 85.7 cm³/mol. The van der Waals surface area contributed by atoms with E-state index in [0.717, 1.165) is 12.1 Å². The van der Waals surface area contributed by atoms with Crippen LogP contribution in [0, 0.1) is 11.6 Å². The maximum atomic E-state index is 13.5. The van der Waals surface area contributed by atoms with E-state index in [0.29, 0.717) is 32.1 Å². The van der Waals surface area contributed by atoms with E-state index in [4.69, 9.17) is 0 Å². The summed E-state index contributed by atoms with van der Waals surface area (Å²) in [6.07, 6.45) is 3.37. The molecule has 2 heterocycles. The summed E-state index contributed by atoms with van der Waals surface area (Å²) in [6, 6.07) is 5.23. The van der Waals surface area contributed by atoms with Crippen LogP contribution in [0.3, 0.4) is 0 Å². The minimum Gasteiger partial charge on any atom is -0.338 e. The zero-order chi connectivity index (χ0) is 16.9. The number of nitrogens with one attached hydrogen (secondary N) is 1. The van der Waals surface area contributed by atoms with Crippen LogP contribution >= 0.6 is 0 Å². The lowest BCUT2D eigenvalue weighted by atomic mass is 10.2. The Morgan fingerprint density at radius 2 is 1.67 bits per heavy atom. The fourth-order valence-electron chi connectivity index (χ4n) is 2.56. The third-order valence-corrected chi connectivity index (χ3v) is 3.80. The summed E-state index contributed by atoms with van der Waals surface area (Å²) < 4.78 is 27.1. The Balaban J connectivity index is 1.52. The zero-order valence-electron chi connectivity index (χ0n) is 13.0. The summed E-state index contributed by atoms with van der Waals surface area (Å²) in [6.45, 7) is 2.74. The van der Waals surface area contributed by atoms with Gasteiger partial charge in [0, 0.05) is 38.6 Å². The molecule has 1 aromatic carbocycles. The van der Waals surface area contributed by atoms with E-state index < -0.39 is 23.2 Å². The van der Waals surface area contributed by atoms with Crippen molar-refractivity contribution in [3.8, 4) is 0 Å². The van der Waals surface area contributed by atoms with E-state index in [1.54, 1.807) is 18.5 Å². The maximum absolute atomic E-state index is 13.5. The van der Waals surface area contributed by atoms with Crippen molar-refractivity contribution in [1.29, 1.82) is 0 Å². The normalized spacial score (nSPS) is 15.3. The van der Waals surface area contributed by atoms with Gasteiger partial charge in [-0.3, -0.25) is 9.69 Å². The first kappa shape index (κ1) is 16.3. The van der Waals surface area contributed by atoms with Crippen LogP contribution < -0.4 is 10.2 Å². The third-order valence-electron chi connectivity index (χ3n) is 3.80. The number of halogens is 2. The molecule has 8 heteroatoms. The highest BCUT2D eigenvalue weighted by Crippen LogP contribution is 2.18. The first-order valence-electron chi connectivity index (χ1n) is 7.61. The standard InChI is InChI=1S/C16H17F2N5O/c17-12-3-1-4-13(18)15(12)21-14(24)11-22-7-9-23(10-8-22)16-19-5-2-6-20-16/h1-6H,7-11H2,(H,21,24). The van der Waals surface area contributed by atoms with E-state index >= 15 is 0 Å². The average molecular weight is 333 g/mol. The molecule has 0 bridgehead atoms. The molecule has 3 rings (SSSR count). The van der Waals surface area contributed by atoms with Crippen molar-refractivity contribution in [2.75, 3.05) is 42.9 Å². The second-order valence-electron chi connectivity index (χ2n) is 5.46. The highest BCUT2D eigenvalue weighted by molar-refractivity contribution is 5.92. The van der Waals surface area contributed by atoms with Gasteiger partial charge in [0.1, 0.15) is 17.3 Å². The quantitative estimate of drug-likeness (QED) is 0.919. The van der Waals surface area contributed by atoms with Gasteiger partial charge in [-0.1, -0.05) is 6.07 Å². The largest absolute Gasteiger partial charge is 0.338 e. The minimum absolute atomic E-state index is 0.0806. The Kier molecular flexibility index (Phi) is 4.95. The van der Waals surface area contributed by atoms with E-state index in [1.165, 1.54) is 6.07 Å². The summed E-state index contributed by atoms with van der Waals surface area (Å²) in [7, 11) is 0. The average Bonchev–Trinajstić information content (AvgIpc) is 2.60. The maximum Gasteiger partial charge on any atom is 0.238 e. The number of rotatable bonds is 4. The second-order valence-corrected chi connectivity index (χ2v) is 5.46. The lowest BCUT2D eigenvalue weighted by Crippen LogP contribution is -2.49. The number of piperazine rings is 1. The van der Waals surface area contributed by atoms with Crippen molar-refractivity contribution >= 4 is 17.5 Å². The Bertz CT molecular complexity index is 685. The van der Waals surface area contributed by atoms with Gasteiger partial charge in [0.25, 0.3) is 0 Å². The number of para-hydroxylation sites is 1. The first-order valence-corrected chi connectivity index (χ1v) is 7.61. The molecular formula is C16H17F2N5O. The molecule has 2 aromatic rings. The van der Waals surface area contributed by atoms with Crippen LogP contribution in [0.5, 0.6) is 0 Å². The molecule has 1 amide bonds. The molecule has 24 heavy (non-hydrogen) atoms. The fraction of sp³-hybridized carbons (Fsp3) is 0.312. The molecule has 1 aromatic heterocycles. The molecule has 0 saturated carbocycles. The van der Waals surface area contributed by atoms with Crippen LogP contribution in [-0.4, -0.2) is 53.5 Å². The summed E-state index contributed by atoms with van der Waals surface area (Å²) in [5.41, 5.74) is -0.404. The first-order chi connectivity index (χ1) is 11.6. The topological polar surface area (TPSA) is 61.4 Å². The number of amides is 1. The molecule has 1 saturated heterocycles. The van der Waals surface area contributed by atoms with E-state index in [2.05, 4.69) is 15.3 Å². The third kappa shape index (κ3) is 3.83. The summed E-state index contributed by atoms with van der Waals surface area (Å²) in [4.78, 5) is 24.4. The molecule has 0 unspecified atom stereocenters. The van der Waals surface area contributed by atoms with Crippen molar-refractivity contribution in [3.05, 3.63) is 48.3 Å². The number of hydrogen-bond acceptors (Lipinski definition) is 5. The van der Waals surface area contributed by atoms with Gasteiger partial charge in [0.15, 0.2) is 0 Å². The van der Waals surface area contributed by atoms with Crippen molar-refractivity contribution in [1.82, 2.24) is 14.9 Å². The van der Waals surface area contributed by atoms with Crippen molar-refractivity contribution < 1.29 is 13.6 Å². The molecule has 1 aliphatic rings. The van der Waals surface area contributed by atoms with Crippen LogP contribution in [-0.2, 0) is 4.79 Å². The number of benzene rings is 1. The van der Waals surface area contributed by atoms with Gasteiger partial charge >= 0.3 is 0 Å². The minimum atomic E-state index is -0.783. The van der Waals surface area contributed by atoms with Crippen molar-refractivity contribution in [2.45, 2.75) is 0 Å². The number of aromatic nitrogens is 2. The van der Waals surface area contributed by atoms with Gasteiger partial charge in [-0.05, 0) is 18.2 Å². The van der Waals surface area contributed by atoms with Crippen LogP contribution in [0.25, 0.3) is 0 Å². The molecular weight excluding hydrogens is 316 g/mol. The highest BCUT2D eigenvalue weighted by Gasteiger charge is 2.21. The van der Waals surface area contributed by atoms with E-state index in [1.807, 2.05) is 9.80 Å². The van der Waals surface area contributed by atoms with E-state index in [-0.39, 0.29) is 6.54 Å². The molecule has 1 fully saturated rings. The smallest absolute Gasteiger partial charge is 0.238 e. The number of carbonyl (C=O) groups excluding carboxylic acids is 1. The molecule has 0 spiro atoms. The SMILES string of the molecule is O=C(CN1CCN(c2ncccn2)CC1)Nc1c(F)cccc1F. The lowest BCUT2D eigenvalue weighted by molar-refractivity contribution is -0.117. The number of nitrogens with zero attached hydrogens (tertiary/aromatic N) is 4. The summed E-state index contributed by atoms with van der Waals surface area (Å²) in [5.74, 6) is -1.35. The Hall–Kier alpha value is -2.61. The number of anilines is 2. The second kappa shape index (κ2) is 7.31. The van der Waals surface area contributed by atoms with Crippen LogP contribution in [0.2, 0.25) is 0 Å². The van der Waals surface area contributed by atoms with E-state index in [9.17, 15) is 13.6 Å². The van der Waals surface area contributed by atoms with Crippen molar-refractivity contribution in [2.24, 2.45) is 0 Å². The highest BCUT2D eigenvalue weighted by atomic mass is 19.1. The lowest BCUT2D eigenvalue weighted by Gasteiger charge is -2.34. The van der Waals surface area contributed by atoms with Gasteiger partial charge in [-0.2, -0.15) is 0 Å². The summed E-state index contributed by atoms with van der Waals surface area (Å²) >= 11 is 0. The van der Waals surface area contributed by atoms with Gasteiger partial charge in [0.05, 0.1) is 6.54 Å². The van der Waals surface area contributed by atoms with Gasteiger partial charge in [0.2, 0.25) is 11.9 Å². The monoisotopic (exact) mass is 333 g/mol. The van der Waals surface area contributed by atoms with Crippen molar-refractivity contribution in [3.63, 3.8) is 0 Å². The van der Waals surface area contributed by atoms with Crippen LogP contribution in [0.1, 0.15) is 0 Å². The molecule has 0 radical (unpaired) electrons. The molecule has 126 valence electrons. The van der Waals surface area contributed by atoms with Gasteiger partial charge in [-0.15, -0.1) is 0 Å². The molecule has 1 N–H and O–H groups in total. The molecule has 0 atom stereocenters.